The molecule has 0 aliphatic carbocycles. The van der Waals surface area contributed by atoms with Gasteiger partial charge in [0.1, 0.15) is 5.54 Å². The molecular weight excluding hydrogens is 580 g/mol. The zero-order chi connectivity index (χ0) is 33.3. The third-order valence-corrected chi connectivity index (χ3v) is 10.2. The van der Waals surface area contributed by atoms with E-state index in [1.807, 2.05) is 0 Å². The first-order valence-electron chi connectivity index (χ1n) is 19.5. The molecule has 0 saturated heterocycles. The Morgan fingerprint density at radius 3 is 1.40 bits per heavy atom. The van der Waals surface area contributed by atoms with Crippen molar-refractivity contribution in [2.45, 2.75) is 187 Å². The molecule has 0 bridgehead atoms. The zero-order valence-corrected chi connectivity index (χ0v) is 31.5. The summed E-state index contributed by atoms with van der Waals surface area (Å²) >= 11 is 1.41. The number of aliphatic hydroxyl groups is 2. The van der Waals surface area contributed by atoms with Crippen molar-refractivity contribution in [3.63, 3.8) is 0 Å². The Balaban J connectivity index is 4.33. The number of rotatable bonds is 36. The number of nitrogens with one attached hydrogen (secondary N) is 1. The van der Waals surface area contributed by atoms with E-state index in [4.69, 9.17) is 4.18 Å². The molecule has 0 aromatic heterocycles. The maximum Gasteiger partial charge on any atom is 0.220 e. The number of carbonyl (C=O) groups is 1. The van der Waals surface area contributed by atoms with Crippen molar-refractivity contribution in [1.82, 2.24) is 5.32 Å². The van der Waals surface area contributed by atoms with E-state index < -0.39 is 5.54 Å². The first-order chi connectivity index (χ1) is 21.9. The smallest absolute Gasteiger partial charge is 0.220 e. The lowest BCUT2D eigenvalue weighted by Crippen LogP contribution is -2.57. The lowest BCUT2D eigenvalue weighted by Gasteiger charge is -2.35. The average Bonchev–Trinajstić information content (AvgIpc) is 3.04. The Bertz CT molecular complexity index is 617. The molecule has 3 N–H and O–H groups in total. The van der Waals surface area contributed by atoms with Crippen molar-refractivity contribution < 1.29 is 23.7 Å². The van der Waals surface area contributed by atoms with Crippen LogP contribution in [0, 0.1) is 0 Å². The summed E-state index contributed by atoms with van der Waals surface area (Å²) in [7, 11) is 2.44. The third kappa shape index (κ3) is 27.3. The second-order valence-electron chi connectivity index (χ2n) is 14.2. The molecule has 6 nitrogen and oxygen atoms in total. The highest BCUT2D eigenvalue weighted by Gasteiger charge is 2.31. The SMILES string of the molecule is CCCCCCCCCCCCCC(=O)NC(CO)(CO)COSCCC[N+](C)(CCCCCCCC)CCCCCCCC. The van der Waals surface area contributed by atoms with Crippen LogP contribution in [0.3, 0.4) is 0 Å². The van der Waals surface area contributed by atoms with Crippen molar-refractivity contribution in [3.8, 4) is 0 Å². The molecule has 0 spiro atoms. The second-order valence-corrected chi connectivity index (χ2v) is 15.1. The van der Waals surface area contributed by atoms with Gasteiger partial charge >= 0.3 is 0 Å². The number of hydrogen-bond acceptors (Lipinski definition) is 5. The number of amides is 1. The summed E-state index contributed by atoms with van der Waals surface area (Å²) in [6.45, 7) is 9.93. The van der Waals surface area contributed by atoms with Crippen molar-refractivity contribution >= 4 is 17.9 Å². The Kier molecular flexibility index (Phi) is 32.0. The quantitative estimate of drug-likeness (QED) is 0.0355. The molecule has 0 aliphatic rings. The van der Waals surface area contributed by atoms with E-state index in [0.29, 0.717) is 6.42 Å². The summed E-state index contributed by atoms with van der Waals surface area (Å²) in [5, 5.41) is 22.9. The molecule has 0 radical (unpaired) electrons. The number of hydrogen-bond donors (Lipinski definition) is 3. The van der Waals surface area contributed by atoms with Gasteiger partial charge in [-0.25, -0.2) is 0 Å². The normalized spacial score (nSPS) is 12.2. The lowest BCUT2D eigenvalue weighted by atomic mass is 10.0. The fraction of sp³-hybridized carbons (Fsp3) is 0.974. The van der Waals surface area contributed by atoms with Gasteiger partial charge in [0.2, 0.25) is 5.91 Å². The van der Waals surface area contributed by atoms with Crippen molar-refractivity contribution in [2.24, 2.45) is 0 Å². The van der Waals surface area contributed by atoms with Crippen LogP contribution in [-0.2, 0) is 8.98 Å². The van der Waals surface area contributed by atoms with E-state index >= 15 is 0 Å². The van der Waals surface area contributed by atoms with E-state index in [9.17, 15) is 15.0 Å². The molecule has 0 aliphatic heterocycles. The predicted octanol–water partition coefficient (Wildman–Crippen LogP) is 9.75. The molecular formula is C38H79N2O4S+. The molecule has 270 valence electrons. The molecule has 0 heterocycles. The van der Waals surface area contributed by atoms with E-state index in [2.05, 4.69) is 33.1 Å². The number of unbranched alkanes of at least 4 members (excludes halogenated alkanes) is 20. The van der Waals surface area contributed by atoms with E-state index in [1.54, 1.807) is 0 Å². The molecule has 1 amide bonds. The van der Waals surface area contributed by atoms with Crippen LogP contribution in [-0.4, -0.2) is 78.4 Å². The van der Waals surface area contributed by atoms with Gasteiger partial charge in [-0.3, -0.25) is 4.79 Å². The minimum atomic E-state index is -1.12. The highest BCUT2D eigenvalue weighted by molar-refractivity contribution is 7.94. The molecule has 0 aromatic carbocycles. The molecule has 7 heteroatoms. The van der Waals surface area contributed by atoms with Crippen LogP contribution in [0.2, 0.25) is 0 Å². The summed E-state index contributed by atoms with van der Waals surface area (Å²) in [4.78, 5) is 12.6. The topological polar surface area (TPSA) is 78.8 Å². The summed E-state index contributed by atoms with van der Waals surface area (Å²) in [6.07, 6.45) is 31.3. The fourth-order valence-corrected chi connectivity index (χ4v) is 6.84. The van der Waals surface area contributed by atoms with Gasteiger partial charge in [-0.15, -0.1) is 0 Å². The number of carbonyl (C=O) groups excluding carboxylic acids is 1. The highest BCUT2D eigenvalue weighted by Crippen LogP contribution is 2.18. The zero-order valence-electron chi connectivity index (χ0n) is 30.7. The van der Waals surface area contributed by atoms with Gasteiger partial charge < -0.3 is 24.2 Å². The van der Waals surface area contributed by atoms with E-state index in [-0.39, 0.29) is 25.7 Å². The van der Waals surface area contributed by atoms with Gasteiger partial charge in [0.15, 0.2) is 0 Å². The van der Waals surface area contributed by atoms with E-state index in [0.717, 1.165) is 36.0 Å². The summed E-state index contributed by atoms with van der Waals surface area (Å²) in [6, 6.07) is 0. The van der Waals surface area contributed by atoms with Gasteiger partial charge in [-0.05, 0) is 44.1 Å². The second kappa shape index (κ2) is 32.2. The van der Waals surface area contributed by atoms with Gasteiger partial charge in [0.25, 0.3) is 0 Å². The van der Waals surface area contributed by atoms with Crippen LogP contribution < -0.4 is 5.32 Å². The number of quaternary nitrogens is 1. The number of aliphatic hydroxyl groups excluding tert-OH is 2. The predicted molar refractivity (Wildman–Crippen MR) is 197 cm³/mol. The monoisotopic (exact) mass is 660 g/mol. The summed E-state index contributed by atoms with van der Waals surface area (Å²) < 4.78 is 7.00. The molecule has 0 atom stereocenters. The molecule has 0 rings (SSSR count). The maximum absolute atomic E-state index is 12.6. The summed E-state index contributed by atoms with van der Waals surface area (Å²) in [5.74, 6) is 0.764. The van der Waals surface area contributed by atoms with Gasteiger partial charge in [-0.1, -0.05) is 136 Å². The van der Waals surface area contributed by atoms with Crippen LogP contribution in [0.25, 0.3) is 0 Å². The average molecular weight is 660 g/mol. The molecule has 0 saturated carbocycles. The van der Waals surface area contributed by atoms with Crippen molar-refractivity contribution in [2.75, 3.05) is 52.3 Å². The van der Waals surface area contributed by atoms with Crippen LogP contribution >= 0.6 is 12.0 Å². The van der Waals surface area contributed by atoms with Gasteiger partial charge in [0.05, 0.1) is 46.5 Å². The van der Waals surface area contributed by atoms with Crippen LogP contribution in [0.4, 0.5) is 0 Å². The number of nitrogens with zero attached hydrogens (tertiary/aromatic N) is 1. The van der Waals surface area contributed by atoms with Gasteiger partial charge in [0, 0.05) is 18.6 Å². The first kappa shape index (κ1) is 44.7. The Morgan fingerprint density at radius 1 is 0.600 bits per heavy atom. The highest BCUT2D eigenvalue weighted by atomic mass is 32.2. The fourth-order valence-electron chi connectivity index (χ4n) is 6.17. The molecule has 45 heavy (non-hydrogen) atoms. The lowest BCUT2D eigenvalue weighted by molar-refractivity contribution is -0.910. The van der Waals surface area contributed by atoms with Crippen molar-refractivity contribution in [3.05, 3.63) is 0 Å². The standard InChI is InChI=1S/C38H78N2O4S/c1-5-8-11-14-17-18-19-20-21-22-25-29-37(43)39-38(34-41,35-42)36-44-45-33-28-32-40(4,30-26-23-15-12-9-6-2)31-27-24-16-13-10-7-3/h41-42H,5-36H2,1-4H3/p+1. The van der Waals surface area contributed by atoms with E-state index in [1.165, 1.54) is 160 Å². The molecule has 0 fully saturated rings. The summed E-state index contributed by atoms with van der Waals surface area (Å²) in [5.41, 5.74) is -1.12. The third-order valence-electron chi connectivity index (χ3n) is 9.46. The molecule has 0 aromatic rings. The Labute approximate surface area is 285 Å². The van der Waals surface area contributed by atoms with Crippen LogP contribution in [0.15, 0.2) is 0 Å². The molecule has 0 unspecified atom stereocenters. The maximum atomic E-state index is 12.6. The van der Waals surface area contributed by atoms with Crippen LogP contribution in [0.5, 0.6) is 0 Å². The largest absolute Gasteiger partial charge is 0.394 e. The first-order valence-corrected chi connectivity index (χ1v) is 20.4. The minimum Gasteiger partial charge on any atom is -0.394 e. The Hall–Kier alpha value is -0.340. The van der Waals surface area contributed by atoms with Crippen LogP contribution in [0.1, 0.15) is 181 Å². The van der Waals surface area contributed by atoms with Gasteiger partial charge in [-0.2, -0.15) is 0 Å². The Morgan fingerprint density at radius 2 is 0.978 bits per heavy atom. The van der Waals surface area contributed by atoms with Crippen molar-refractivity contribution in [1.29, 1.82) is 0 Å². The minimum absolute atomic E-state index is 0.107.